The average molecular weight is 570 g/mol. The van der Waals surface area contributed by atoms with Gasteiger partial charge in [-0.05, 0) is 68.7 Å². The first kappa shape index (κ1) is 30.2. The topological polar surface area (TPSA) is 86.8 Å². The monoisotopic (exact) mass is 569 g/mol. The van der Waals surface area contributed by atoms with Gasteiger partial charge in [0.05, 0.1) is 10.6 Å². The number of nitrogens with zero attached hydrogens (tertiary/aromatic N) is 2. The molecule has 0 spiro atoms. The minimum atomic E-state index is -4.09. The first-order valence-corrected chi connectivity index (χ1v) is 14.9. The summed E-state index contributed by atoms with van der Waals surface area (Å²) in [4.78, 5) is 28.6. The average Bonchev–Trinajstić information content (AvgIpc) is 2.92. The normalized spacial score (nSPS) is 12.0. The largest absolute Gasteiger partial charge is 0.354 e. The lowest BCUT2D eigenvalue weighted by Gasteiger charge is -2.33. The van der Waals surface area contributed by atoms with E-state index in [2.05, 4.69) is 5.32 Å². The summed E-state index contributed by atoms with van der Waals surface area (Å²) in [5, 5.41) is 3.44. The zero-order valence-corrected chi connectivity index (χ0v) is 24.4. The second kappa shape index (κ2) is 13.6. The van der Waals surface area contributed by atoms with Gasteiger partial charge in [-0.2, -0.15) is 0 Å². The van der Waals surface area contributed by atoms with Crippen molar-refractivity contribution >= 4 is 39.1 Å². The summed E-state index contributed by atoms with van der Waals surface area (Å²) in [7, 11) is -4.09. The summed E-state index contributed by atoms with van der Waals surface area (Å²) >= 11 is 6.06. The number of amides is 2. The van der Waals surface area contributed by atoms with Crippen LogP contribution in [0.5, 0.6) is 0 Å². The number of carbonyl (C=O) groups excluding carboxylic acids is 2. The first-order chi connectivity index (χ1) is 18.6. The van der Waals surface area contributed by atoms with Crippen LogP contribution in [0.3, 0.4) is 0 Å². The van der Waals surface area contributed by atoms with E-state index in [1.165, 1.54) is 17.0 Å². The van der Waals surface area contributed by atoms with Crippen molar-refractivity contribution < 1.29 is 18.0 Å². The van der Waals surface area contributed by atoms with Gasteiger partial charge in [-0.15, -0.1) is 0 Å². The molecule has 208 valence electrons. The smallest absolute Gasteiger partial charge is 0.264 e. The molecule has 0 saturated carbocycles. The van der Waals surface area contributed by atoms with E-state index in [4.69, 9.17) is 11.6 Å². The van der Waals surface area contributed by atoms with Gasteiger partial charge in [0, 0.05) is 18.1 Å². The van der Waals surface area contributed by atoms with Crippen LogP contribution in [0.15, 0.2) is 77.7 Å². The summed E-state index contributed by atoms with van der Waals surface area (Å²) < 4.78 is 28.8. The fourth-order valence-corrected chi connectivity index (χ4v) is 5.69. The molecule has 1 atom stereocenters. The lowest BCUT2D eigenvalue weighted by Crippen LogP contribution is -2.52. The van der Waals surface area contributed by atoms with Gasteiger partial charge in [0.2, 0.25) is 11.8 Å². The summed E-state index contributed by atoms with van der Waals surface area (Å²) in [6.07, 6.45) is 1.12. The molecule has 0 aromatic heterocycles. The van der Waals surface area contributed by atoms with Crippen LogP contribution in [0.2, 0.25) is 5.02 Å². The quantitative estimate of drug-likeness (QED) is 0.313. The summed E-state index contributed by atoms with van der Waals surface area (Å²) in [6, 6.07) is 19.7. The summed E-state index contributed by atoms with van der Waals surface area (Å²) in [6.45, 7) is 7.70. The molecule has 0 aliphatic heterocycles. The third-order valence-corrected chi connectivity index (χ3v) is 8.45. The number of benzene rings is 3. The van der Waals surface area contributed by atoms with Crippen LogP contribution in [0.25, 0.3) is 0 Å². The Balaban J connectivity index is 2.03. The third-order valence-electron chi connectivity index (χ3n) is 6.41. The number of hydrogen-bond acceptors (Lipinski definition) is 4. The van der Waals surface area contributed by atoms with Crippen LogP contribution in [0, 0.1) is 13.8 Å². The van der Waals surface area contributed by atoms with Crippen LogP contribution in [-0.2, 0) is 26.2 Å². The molecule has 0 radical (unpaired) electrons. The van der Waals surface area contributed by atoms with Crippen LogP contribution >= 0.6 is 11.6 Å². The summed E-state index contributed by atoms with van der Waals surface area (Å²) in [5.41, 5.74) is 3.02. The van der Waals surface area contributed by atoms with Gasteiger partial charge in [-0.25, -0.2) is 8.42 Å². The molecule has 0 aliphatic rings. The highest BCUT2D eigenvalue weighted by Crippen LogP contribution is 2.25. The second-order valence-electron chi connectivity index (χ2n) is 9.52. The minimum absolute atomic E-state index is 0.0819. The van der Waals surface area contributed by atoms with Gasteiger partial charge in [0.25, 0.3) is 10.0 Å². The van der Waals surface area contributed by atoms with E-state index in [0.29, 0.717) is 23.7 Å². The molecular weight excluding hydrogens is 534 g/mol. The molecule has 7 nitrogen and oxygen atoms in total. The molecule has 0 saturated heterocycles. The number of carbonyl (C=O) groups is 2. The van der Waals surface area contributed by atoms with E-state index in [1.807, 2.05) is 27.7 Å². The lowest BCUT2D eigenvalue weighted by atomic mass is 10.1. The zero-order valence-electron chi connectivity index (χ0n) is 22.9. The van der Waals surface area contributed by atoms with Crippen molar-refractivity contribution in [2.75, 3.05) is 17.4 Å². The third kappa shape index (κ3) is 7.83. The predicted octanol–water partition coefficient (Wildman–Crippen LogP) is 5.49. The van der Waals surface area contributed by atoms with Gasteiger partial charge in [0.15, 0.2) is 0 Å². The van der Waals surface area contributed by atoms with E-state index in [0.717, 1.165) is 27.4 Å². The van der Waals surface area contributed by atoms with Crippen molar-refractivity contribution in [2.24, 2.45) is 0 Å². The number of hydrogen-bond donors (Lipinski definition) is 1. The van der Waals surface area contributed by atoms with Crippen molar-refractivity contribution in [3.63, 3.8) is 0 Å². The van der Waals surface area contributed by atoms with Gasteiger partial charge in [-0.3, -0.25) is 13.9 Å². The number of sulfonamides is 1. The number of rotatable bonds is 12. The van der Waals surface area contributed by atoms with Crippen LogP contribution in [0.4, 0.5) is 5.69 Å². The molecule has 0 heterocycles. The van der Waals surface area contributed by atoms with Crippen LogP contribution in [0.1, 0.15) is 43.4 Å². The van der Waals surface area contributed by atoms with Crippen molar-refractivity contribution in [3.8, 4) is 0 Å². The van der Waals surface area contributed by atoms with Crippen LogP contribution in [-0.4, -0.2) is 44.3 Å². The first-order valence-electron chi connectivity index (χ1n) is 13.0. The second-order valence-corrected chi connectivity index (χ2v) is 11.8. The molecule has 0 fully saturated rings. The number of nitrogens with one attached hydrogen (secondary N) is 1. The van der Waals surface area contributed by atoms with Crippen molar-refractivity contribution in [2.45, 2.75) is 58.0 Å². The molecule has 9 heteroatoms. The molecule has 2 amide bonds. The Hall–Kier alpha value is -3.36. The summed E-state index contributed by atoms with van der Waals surface area (Å²) in [5.74, 6) is -0.760. The molecule has 39 heavy (non-hydrogen) atoms. The molecule has 3 aromatic rings. The Morgan fingerprint density at radius 1 is 0.872 bits per heavy atom. The standard InChI is InChI=1S/C30H36ClN3O4S/c1-5-19-32-30(36)28(6-2)33(20-24-11-13-25(31)14-12-24)29(35)21-34(26-15-7-22(3)8-16-26)39(37,38)27-17-9-23(4)10-18-27/h7-18,28H,5-6,19-21H2,1-4H3,(H,32,36). The van der Waals surface area contributed by atoms with Crippen molar-refractivity contribution in [1.82, 2.24) is 10.2 Å². The van der Waals surface area contributed by atoms with E-state index in [1.54, 1.807) is 60.7 Å². The molecule has 0 bridgehead atoms. The highest BCUT2D eigenvalue weighted by molar-refractivity contribution is 7.92. The Morgan fingerprint density at radius 3 is 1.97 bits per heavy atom. The van der Waals surface area contributed by atoms with Crippen molar-refractivity contribution in [3.05, 3.63) is 94.5 Å². The Bertz CT molecular complexity index is 1360. The number of anilines is 1. The van der Waals surface area contributed by atoms with Gasteiger partial charge >= 0.3 is 0 Å². The van der Waals surface area contributed by atoms with Gasteiger partial charge in [-0.1, -0.05) is 73.0 Å². The minimum Gasteiger partial charge on any atom is -0.354 e. The predicted molar refractivity (Wildman–Crippen MR) is 156 cm³/mol. The maximum Gasteiger partial charge on any atom is 0.264 e. The fraction of sp³-hybridized carbons (Fsp3) is 0.333. The fourth-order valence-electron chi connectivity index (χ4n) is 4.15. The number of halogens is 1. The molecule has 3 aromatic carbocycles. The zero-order chi connectivity index (χ0) is 28.6. The Morgan fingerprint density at radius 2 is 1.44 bits per heavy atom. The molecule has 1 N–H and O–H groups in total. The number of aryl methyl sites for hydroxylation is 2. The Kier molecular flexibility index (Phi) is 10.5. The highest BCUT2D eigenvalue weighted by atomic mass is 35.5. The van der Waals surface area contributed by atoms with Gasteiger partial charge in [0.1, 0.15) is 12.6 Å². The van der Waals surface area contributed by atoms with E-state index >= 15 is 0 Å². The molecule has 1 unspecified atom stereocenters. The van der Waals surface area contributed by atoms with Crippen LogP contribution < -0.4 is 9.62 Å². The Labute approximate surface area is 236 Å². The maximum atomic E-state index is 14.0. The van der Waals surface area contributed by atoms with E-state index in [-0.39, 0.29) is 17.3 Å². The maximum absolute atomic E-state index is 14.0. The highest BCUT2D eigenvalue weighted by Gasteiger charge is 2.33. The molecular formula is C30H36ClN3O4S. The SMILES string of the molecule is CCCNC(=O)C(CC)N(Cc1ccc(Cl)cc1)C(=O)CN(c1ccc(C)cc1)S(=O)(=O)c1ccc(C)cc1. The van der Waals surface area contributed by atoms with E-state index < -0.39 is 28.5 Å². The molecule has 3 rings (SSSR count). The van der Waals surface area contributed by atoms with E-state index in [9.17, 15) is 18.0 Å². The van der Waals surface area contributed by atoms with Crippen molar-refractivity contribution in [1.29, 1.82) is 0 Å². The lowest BCUT2D eigenvalue weighted by molar-refractivity contribution is -0.140. The van der Waals surface area contributed by atoms with Gasteiger partial charge < -0.3 is 10.2 Å². The molecule has 0 aliphatic carbocycles.